The van der Waals surface area contributed by atoms with Crippen molar-refractivity contribution in [3.05, 3.63) is 0 Å². The van der Waals surface area contributed by atoms with E-state index in [2.05, 4.69) is 5.32 Å². The Morgan fingerprint density at radius 2 is 1.88 bits per heavy atom. The molecule has 0 aromatic heterocycles. The summed E-state index contributed by atoms with van der Waals surface area (Å²) in [5.74, 6) is -0.486. The van der Waals surface area contributed by atoms with Gasteiger partial charge >= 0.3 is 6.03 Å². The number of hydrogen-bond donors (Lipinski definition) is 2. The van der Waals surface area contributed by atoms with Gasteiger partial charge < -0.3 is 16.0 Å². The van der Waals surface area contributed by atoms with Crippen molar-refractivity contribution in [1.82, 2.24) is 10.2 Å². The summed E-state index contributed by atoms with van der Waals surface area (Å²) < 4.78 is 0. The number of nitrogens with zero attached hydrogens (tertiary/aromatic N) is 1. The molecule has 0 fully saturated rings. The molecule has 0 aliphatic carbocycles. The Kier molecular flexibility index (Phi) is 5.85. The second kappa shape index (κ2) is 6.35. The highest BCUT2D eigenvalue weighted by Crippen LogP contribution is 2.02. The molecule has 0 aromatic rings. The first-order chi connectivity index (χ1) is 7.26. The van der Waals surface area contributed by atoms with Crippen molar-refractivity contribution in [2.75, 3.05) is 13.1 Å². The van der Waals surface area contributed by atoms with E-state index < -0.39 is 5.91 Å². The average molecular weight is 229 g/mol. The van der Waals surface area contributed by atoms with Gasteiger partial charge in [-0.25, -0.2) is 4.79 Å². The fourth-order valence-corrected chi connectivity index (χ4v) is 1.19. The molecule has 0 radical (unpaired) electrons. The first kappa shape index (κ1) is 14.7. The second-order valence-corrected chi connectivity index (χ2v) is 4.92. The number of carbonyl (C=O) groups excluding carboxylic acids is 2. The molecule has 5 nitrogen and oxygen atoms in total. The van der Waals surface area contributed by atoms with Crippen LogP contribution >= 0.6 is 0 Å². The third-order valence-electron chi connectivity index (χ3n) is 1.90. The van der Waals surface area contributed by atoms with Crippen LogP contribution in [-0.2, 0) is 4.79 Å². The first-order valence-electron chi connectivity index (χ1n) is 5.61. The quantitative estimate of drug-likeness (QED) is 0.740. The lowest BCUT2D eigenvalue weighted by Gasteiger charge is -2.27. The molecule has 0 rings (SSSR count). The average Bonchev–Trinajstić information content (AvgIpc) is 2.08. The maximum Gasteiger partial charge on any atom is 0.318 e. The van der Waals surface area contributed by atoms with Crippen molar-refractivity contribution in [3.63, 3.8) is 0 Å². The molecule has 0 spiro atoms. The van der Waals surface area contributed by atoms with Gasteiger partial charge in [0.05, 0.1) is 0 Å². The largest absolute Gasteiger partial charge is 0.368 e. The van der Waals surface area contributed by atoms with Crippen LogP contribution in [0.5, 0.6) is 0 Å². The Bertz CT molecular complexity index is 246. The highest BCUT2D eigenvalue weighted by atomic mass is 16.2. The lowest BCUT2D eigenvalue weighted by molar-refractivity contribution is -0.118. The molecular weight excluding hydrogens is 206 g/mol. The van der Waals surface area contributed by atoms with Gasteiger partial charge in [0, 0.05) is 12.1 Å². The summed E-state index contributed by atoms with van der Waals surface area (Å²) in [6, 6.07) is -0.236. The third-order valence-corrected chi connectivity index (χ3v) is 1.90. The number of primary amides is 1. The number of rotatable bonds is 5. The predicted octanol–water partition coefficient (Wildman–Crippen LogP) is 1.08. The summed E-state index contributed by atoms with van der Waals surface area (Å²) in [5, 5.41) is 2.81. The van der Waals surface area contributed by atoms with E-state index >= 15 is 0 Å². The van der Waals surface area contributed by atoms with E-state index in [1.54, 1.807) is 0 Å². The van der Waals surface area contributed by atoms with Gasteiger partial charge in [0.25, 0.3) is 0 Å². The zero-order valence-electron chi connectivity index (χ0n) is 10.7. The number of hydrogen-bond acceptors (Lipinski definition) is 2. The number of unbranched alkanes of at least 4 members (excludes halogenated alkanes) is 1. The van der Waals surface area contributed by atoms with Gasteiger partial charge in [0.2, 0.25) is 5.91 Å². The van der Waals surface area contributed by atoms with Gasteiger partial charge in [0.1, 0.15) is 6.54 Å². The Balaban J connectivity index is 4.37. The van der Waals surface area contributed by atoms with Gasteiger partial charge in [-0.05, 0) is 27.2 Å². The van der Waals surface area contributed by atoms with Crippen molar-refractivity contribution in [2.45, 2.75) is 46.1 Å². The topological polar surface area (TPSA) is 75.4 Å². The Morgan fingerprint density at radius 3 is 2.25 bits per heavy atom. The maximum atomic E-state index is 11.8. The van der Waals surface area contributed by atoms with E-state index in [0.29, 0.717) is 6.54 Å². The lowest BCUT2D eigenvalue weighted by atomic mass is 10.1. The standard InChI is InChI=1S/C11H23N3O2/c1-5-6-7-14(8-9(12)15)10(16)13-11(2,3)4/h5-8H2,1-4H3,(H2,12,15)(H,13,16). The van der Waals surface area contributed by atoms with Crippen LogP contribution in [0.2, 0.25) is 0 Å². The number of urea groups is 1. The molecule has 0 unspecified atom stereocenters. The monoisotopic (exact) mass is 229 g/mol. The van der Waals surface area contributed by atoms with E-state index in [1.165, 1.54) is 4.90 Å². The molecule has 5 heteroatoms. The number of nitrogens with two attached hydrogens (primary N) is 1. The van der Waals surface area contributed by atoms with Crippen LogP contribution in [0.4, 0.5) is 4.79 Å². The Morgan fingerprint density at radius 1 is 1.31 bits per heavy atom. The van der Waals surface area contributed by atoms with Crippen molar-refractivity contribution < 1.29 is 9.59 Å². The van der Waals surface area contributed by atoms with Crippen LogP contribution in [0.1, 0.15) is 40.5 Å². The summed E-state index contributed by atoms with van der Waals surface area (Å²) in [6.45, 7) is 8.25. The molecule has 3 N–H and O–H groups in total. The number of amides is 3. The van der Waals surface area contributed by atoms with Crippen molar-refractivity contribution >= 4 is 11.9 Å². The minimum atomic E-state index is -0.486. The first-order valence-corrected chi connectivity index (χ1v) is 5.61. The Labute approximate surface area is 97.4 Å². The minimum absolute atomic E-state index is 0.0259. The molecule has 0 bridgehead atoms. The molecule has 0 saturated heterocycles. The summed E-state index contributed by atoms with van der Waals surface area (Å²) in [7, 11) is 0. The molecule has 0 heterocycles. The molecule has 94 valence electrons. The third kappa shape index (κ3) is 7.09. The number of carbonyl (C=O) groups is 2. The van der Waals surface area contributed by atoms with Crippen LogP contribution in [0.15, 0.2) is 0 Å². The van der Waals surface area contributed by atoms with Gasteiger partial charge in [-0.1, -0.05) is 13.3 Å². The second-order valence-electron chi connectivity index (χ2n) is 4.92. The van der Waals surface area contributed by atoms with E-state index in [4.69, 9.17) is 5.73 Å². The molecular formula is C11H23N3O2. The van der Waals surface area contributed by atoms with Gasteiger partial charge in [0.15, 0.2) is 0 Å². The molecule has 0 aliphatic rings. The zero-order chi connectivity index (χ0) is 12.8. The summed E-state index contributed by atoms with van der Waals surface area (Å²) in [6.07, 6.45) is 1.84. The lowest BCUT2D eigenvalue weighted by Crippen LogP contribution is -2.50. The molecule has 16 heavy (non-hydrogen) atoms. The van der Waals surface area contributed by atoms with E-state index in [0.717, 1.165) is 12.8 Å². The highest BCUT2D eigenvalue weighted by Gasteiger charge is 2.20. The van der Waals surface area contributed by atoms with E-state index in [-0.39, 0.29) is 18.1 Å². The maximum absolute atomic E-state index is 11.8. The van der Waals surface area contributed by atoms with Crippen LogP contribution in [0.3, 0.4) is 0 Å². The zero-order valence-corrected chi connectivity index (χ0v) is 10.7. The molecule has 0 atom stereocenters. The fraction of sp³-hybridized carbons (Fsp3) is 0.818. The van der Waals surface area contributed by atoms with Gasteiger partial charge in [-0.2, -0.15) is 0 Å². The summed E-state index contributed by atoms with van der Waals surface area (Å²) >= 11 is 0. The van der Waals surface area contributed by atoms with Crippen molar-refractivity contribution in [3.8, 4) is 0 Å². The van der Waals surface area contributed by atoms with Gasteiger partial charge in [-0.3, -0.25) is 4.79 Å². The van der Waals surface area contributed by atoms with Crippen molar-refractivity contribution in [2.24, 2.45) is 5.73 Å². The number of nitrogens with one attached hydrogen (secondary N) is 1. The van der Waals surface area contributed by atoms with Crippen LogP contribution < -0.4 is 11.1 Å². The van der Waals surface area contributed by atoms with Crippen LogP contribution in [-0.4, -0.2) is 35.5 Å². The predicted molar refractivity (Wildman–Crippen MR) is 64.0 cm³/mol. The van der Waals surface area contributed by atoms with Crippen molar-refractivity contribution in [1.29, 1.82) is 0 Å². The minimum Gasteiger partial charge on any atom is -0.368 e. The summed E-state index contributed by atoms with van der Waals surface area (Å²) in [5.41, 5.74) is 4.80. The van der Waals surface area contributed by atoms with Crippen LogP contribution in [0.25, 0.3) is 0 Å². The molecule has 0 aliphatic heterocycles. The summed E-state index contributed by atoms with van der Waals surface area (Å²) in [4.78, 5) is 24.1. The van der Waals surface area contributed by atoms with E-state index in [9.17, 15) is 9.59 Å². The highest BCUT2D eigenvalue weighted by molar-refractivity contribution is 5.83. The van der Waals surface area contributed by atoms with Crippen LogP contribution in [0, 0.1) is 0 Å². The SMILES string of the molecule is CCCCN(CC(N)=O)C(=O)NC(C)(C)C. The molecule has 3 amide bonds. The Hall–Kier alpha value is -1.26. The van der Waals surface area contributed by atoms with Gasteiger partial charge in [-0.15, -0.1) is 0 Å². The van der Waals surface area contributed by atoms with E-state index in [1.807, 2.05) is 27.7 Å². The molecule has 0 aromatic carbocycles. The molecule has 0 saturated carbocycles. The normalized spacial score (nSPS) is 11.0. The smallest absolute Gasteiger partial charge is 0.318 e. The fourth-order valence-electron chi connectivity index (χ4n) is 1.19.